The Morgan fingerprint density at radius 1 is 1.29 bits per heavy atom. The molecule has 0 spiro atoms. The van der Waals surface area contributed by atoms with Crippen molar-refractivity contribution in [3.05, 3.63) is 42.6 Å². The molecule has 2 rings (SSSR count). The molecule has 0 aliphatic rings. The molecule has 0 bridgehead atoms. The first kappa shape index (κ1) is 11.0. The summed E-state index contributed by atoms with van der Waals surface area (Å²) in [5.74, 6) is 0.731. The van der Waals surface area contributed by atoms with E-state index in [4.69, 9.17) is 4.74 Å². The Labute approximate surface area is 98.6 Å². The molecule has 17 heavy (non-hydrogen) atoms. The van der Waals surface area contributed by atoms with Crippen LogP contribution < -0.4 is 4.74 Å². The zero-order valence-corrected chi connectivity index (χ0v) is 9.25. The Kier molecular flexibility index (Phi) is 3.28. The number of rotatable bonds is 3. The molecule has 84 valence electrons. The molecule has 0 aliphatic carbocycles. The first-order valence-corrected chi connectivity index (χ1v) is 5.02. The fourth-order valence-corrected chi connectivity index (χ4v) is 1.53. The van der Waals surface area contributed by atoms with Crippen LogP contribution in [-0.2, 0) is 4.79 Å². The Hall–Kier alpha value is -2.45. The summed E-state index contributed by atoms with van der Waals surface area (Å²) in [5.41, 5.74) is 1.98. The van der Waals surface area contributed by atoms with Crippen molar-refractivity contribution in [2.45, 2.75) is 0 Å². The predicted molar refractivity (Wildman–Crippen MR) is 64.0 cm³/mol. The van der Waals surface area contributed by atoms with E-state index < -0.39 is 0 Å². The lowest BCUT2D eigenvalue weighted by Crippen LogP contribution is -1.86. The predicted octanol–water partition coefficient (Wildman–Crippen LogP) is 2.72. The second-order valence-electron chi connectivity index (χ2n) is 3.31. The summed E-state index contributed by atoms with van der Waals surface area (Å²) < 4.78 is 5.14. The first-order chi connectivity index (χ1) is 8.35. The number of hydrogen-bond acceptors (Lipinski definition) is 4. The minimum atomic E-state index is 0.496. The van der Waals surface area contributed by atoms with Gasteiger partial charge in [-0.05, 0) is 24.3 Å². The van der Waals surface area contributed by atoms with Crippen LogP contribution in [0, 0.1) is 0 Å². The van der Waals surface area contributed by atoms with Crippen LogP contribution in [0.15, 0.2) is 47.6 Å². The number of benzene rings is 1. The highest BCUT2D eigenvalue weighted by Gasteiger charge is 2.06. The maximum Gasteiger partial charge on any atom is 0.240 e. The van der Waals surface area contributed by atoms with Gasteiger partial charge < -0.3 is 4.74 Å². The van der Waals surface area contributed by atoms with Crippen molar-refractivity contribution in [1.82, 2.24) is 4.98 Å². The van der Waals surface area contributed by atoms with Gasteiger partial charge in [-0.15, -0.1) is 0 Å². The van der Waals surface area contributed by atoms with Crippen molar-refractivity contribution in [2.75, 3.05) is 7.11 Å². The Balaban J connectivity index is 2.55. The molecule has 0 radical (unpaired) electrons. The summed E-state index contributed by atoms with van der Waals surface area (Å²) in [6.45, 7) is 0. The third-order valence-electron chi connectivity index (χ3n) is 2.30. The highest BCUT2D eigenvalue weighted by atomic mass is 16.5. The number of aliphatic imine (C=N–C) groups is 1. The van der Waals surface area contributed by atoms with Crippen LogP contribution in [0.4, 0.5) is 5.69 Å². The van der Waals surface area contributed by atoms with E-state index in [1.165, 1.54) is 6.08 Å². The molecular weight excluding hydrogens is 216 g/mol. The third-order valence-corrected chi connectivity index (χ3v) is 2.30. The molecule has 0 fully saturated rings. The van der Waals surface area contributed by atoms with Gasteiger partial charge in [0.2, 0.25) is 6.08 Å². The van der Waals surface area contributed by atoms with Gasteiger partial charge in [-0.25, -0.2) is 4.79 Å². The topological polar surface area (TPSA) is 51.6 Å². The number of carbonyl (C=O) groups excluding carboxylic acids is 1. The highest BCUT2D eigenvalue weighted by molar-refractivity contribution is 5.74. The second-order valence-corrected chi connectivity index (χ2v) is 3.31. The van der Waals surface area contributed by atoms with Crippen molar-refractivity contribution in [1.29, 1.82) is 0 Å². The number of hydrogen-bond donors (Lipinski definition) is 0. The van der Waals surface area contributed by atoms with Gasteiger partial charge >= 0.3 is 0 Å². The Morgan fingerprint density at radius 3 is 2.94 bits per heavy atom. The molecule has 0 aliphatic heterocycles. The number of methoxy groups -OCH3 is 1. The fourth-order valence-electron chi connectivity index (χ4n) is 1.53. The number of aromatic nitrogens is 1. The summed E-state index contributed by atoms with van der Waals surface area (Å²) in [5, 5.41) is 0. The largest absolute Gasteiger partial charge is 0.497 e. The van der Waals surface area contributed by atoms with E-state index in [0.717, 1.165) is 11.3 Å². The fraction of sp³-hybridized carbons (Fsp3) is 0.0769. The minimum Gasteiger partial charge on any atom is -0.497 e. The molecule has 0 saturated carbocycles. The molecule has 1 aromatic carbocycles. The lowest BCUT2D eigenvalue weighted by Gasteiger charge is -2.05. The van der Waals surface area contributed by atoms with E-state index in [-0.39, 0.29) is 0 Å². The second kappa shape index (κ2) is 5.05. The van der Waals surface area contributed by atoms with Crippen LogP contribution in [0.25, 0.3) is 11.3 Å². The molecule has 4 nitrogen and oxygen atoms in total. The standard InChI is InChI=1S/C13H10N2O2/c1-17-11-5-2-4-10(8-11)13-12(15-9-16)6-3-7-14-13/h2-8H,1H3. The molecule has 0 amide bonds. The molecular formula is C13H10N2O2. The van der Waals surface area contributed by atoms with E-state index in [9.17, 15) is 4.79 Å². The van der Waals surface area contributed by atoms with Crippen LogP contribution >= 0.6 is 0 Å². The number of nitrogens with zero attached hydrogens (tertiary/aromatic N) is 2. The lowest BCUT2D eigenvalue weighted by atomic mass is 10.1. The van der Waals surface area contributed by atoms with E-state index in [2.05, 4.69) is 9.98 Å². The van der Waals surface area contributed by atoms with Crippen LogP contribution in [0.2, 0.25) is 0 Å². The van der Waals surface area contributed by atoms with Crippen molar-refractivity contribution < 1.29 is 9.53 Å². The van der Waals surface area contributed by atoms with Gasteiger partial charge in [-0.2, -0.15) is 4.99 Å². The summed E-state index contributed by atoms with van der Waals surface area (Å²) in [7, 11) is 1.60. The van der Waals surface area contributed by atoms with Gasteiger partial charge in [0.15, 0.2) is 0 Å². The smallest absolute Gasteiger partial charge is 0.240 e. The quantitative estimate of drug-likeness (QED) is 0.597. The van der Waals surface area contributed by atoms with Gasteiger partial charge in [-0.1, -0.05) is 12.1 Å². The Bertz CT molecular complexity index is 575. The van der Waals surface area contributed by atoms with Crippen molar-refractivity contribution >= 4 is 11.8 Å². The molecule has 1 aromatic heterocycles. The van der Waals surface area contributed by atoms with Crippen LogP contribution in [0.1, 0.15) is 0 Å². The number of isocyanates is 1. The van der Waals surface area contributed by atoms with E-state index in [0.29, 0.717) is 11.4 Å². The number of pyridine rings is 1. The van der Waals surface area contributed by atoms with E-state index in [1.54, 1.807) is 25.4 Å². The lowest BCUT2D eigenvalue weighted by molar-refractivity contribution is 0.415. The molecule has 2 aromatic rings. The minimum absolute atomic E-state index is 0.496. The zero-order valence-electron chi connectivity index (χ0n) is 9.25. The molecule has 4 heteroatoms. The summed E-state index contributed by atoms with van der Waals surface area (Å²) in [4.78, 5) is 18.2. The zero-order chi connectivity index (χ0) is 12.1. The third kappa shape index (κ3) is 2.38. The average Bonchev–Trinajstić information content (AvgIpc) is 2.40. The molecule has 0 unspecified atom stereocenters. The van der Waals surface area contributed by atoms with Gasteiger partial charge in [0.25, 0.3) is 0 Å². The van der Waals surface area contributed by atoms with Gasteiger partial charge in [0, 0.05) is 11.8 Å². The average molecular weight is 226 g/mol. The first-order valence-electron chi connectivity index (χ1n) is 5.02. The SMILES string of the molecule is COc1cccc(-c2ncccc2N=C=O)c1. The molecule has 0 N–H and O–H groups in total. The normalized spacial score (nSPS) is 9.47. The summed E-state index contributed by atoms with van der Waals surface area (Å²) >= 11 is 0. The maximum atomic E-state index is 10.3. The maximum absolute atomic E-state index is 10.3. The van der Waals surface area contributed by atoms with Crippen molar-refractivity contribution in [3.8, 4) is 17.0 Å². The summed E-state index contributed by atoms with van der Waals surface area (Å²) in [6.07, 6.45) is 3.18. The van der Waals surface area contributed by atoms with Crippen LogP contribution in [0.5, 0.6) is 5.75 Å². The van der Waals surface area contributed by atoms with Crippen molar-refractivity contribution in [2.24, 2.45) is 4.99 Å². The molecule has 0 saturated heterocycles. The highest BCUT2D eigenvalue weighted by Crippen LogP contribution is 2.29. The number of ether oxygens (including phenoxy) is 1. The van der Waals surface area contributed by atoms with Crippen LogP contribution in [-0.4, -0.2) is 18.2 Å². The van der Waals surface area contributed by atoms with E-state index >= 15 is 0 Å². The van der Waals surface area contributed by atoms with Gasteiger partial charge in [-0.3, -0.25) is 4.98 Å². The summed E-state index contributed by atoms with van der Waals surface area (Å²) in [6, 6.07) is 10.9. The monoisotopic (exact) mass is 226 g/mol. The van der Waals surface area contributed by atoms with Gasteiger partial charge in [0.05, 0.1) is 12.8 Å². The Morgan fingerprint density at radius 2 is 2.18 bits per heavy atom. The van der Waals surface area contributed by atoms with Crippen LogP contribution in [0.3, 0.4) is 0 Å². The van der Waals surface area contributed by atoms with Crippen molar-refractivity contribution in [3.63, 3.8) is 0 Å². The van der Waals surface area contributed by atoms with E-state index in [1.807, 2.05) is 24.3 Å². The molecule has 0 atom stereocenters. The molecule has 1 heterocycles. The van der Waals surface area contributed by atoms with Gasteiger partial charge in [0.1, 0.15) is 11.4 Å².